The highest BCUT2D eigenvalue weighted by Gasteiger charge is 2.20. The second-order valence-electron chi connectivity index (χ2n) is 5.50. The van der Waals surface area contributed by atoms with E-state index in [1.165, 1.54) is 41.8 Å². The molecule has 102 valence electrons. The molecule has 1 atom stereocenters. The van der Waals surface area contributed by atoms with E-state index in [-0.39, 0.29) is 0 Å². The summed E-state index contributed by atoms with van der Waals surface area (Å²) in [4.78, 5) is 4.07. The Kier molecular flexibility index (Phi) is 5.67. The Balaban J connectivity index is 1.81. The lowest BCUT2D eigenvalue weighted by Crippen LogP contribution is -2.40. The second-order valence-corrected chi connectivity index (χ2v) is 7.35. The molecule has 1 fully saturated rings. The molecule has 1 unspecified atom stereocenters. The van der Waals surface area contributed by atoms with E-state index in [2.05, 4.69) is 51.4 Å². The fraction of sp³-hybridized carbons (Fsp3) is 0.714. The molecule has 1 aromatic rings. The van der Waals surface area contributed by atoms with Gasteiger partial charge in [0.2, 0.25) is 0 Å². The molecular weight excluding hydrogens is 308 g/mol. The van der Waals surface area contributed by atoms with E-state index in [0.29, 0.717) is 6.04 Å². The molecule has 1 N–H and O–H groups in total. The van der Waals surface area contributed by atoms with Crippen LogP contribution in [-0.2, 0) is 6.54 Å². The Morgan fingerprint density at radius 3 is 3.06 bits per heavy atom. The van der Waals surface area contributed by atoms with E-state index in [1.54, 1.807) is 0 Å². The molecule has 2 rings (SSSR count). The van der Waals surface area contributed by atoms with Crippen molar-refractivity contribution in [1.29, 1.82) is 0 Å². The average Bonchev–Trinajstić information content (AvgIpc) is 2.73. The normalized spacial score (nSPS) is 21.7. The third-order valence-electron chi connectivity index (χ3n) is 3.48. The van der Waals surface area contributed by atoms with Crippen molar-refractivity contribution < 1.29 is 0 Å². The van der Waals surface area contributed by atoms with Crippen LogP contribution in [0.5, 0.6) is 0 Å². The summed E-state index contributed by atoms with van der Waals surface area (Å²) in [6, 6.07) is 2.76. The predicted octanol–water partition coefficient (Wildman–Crippen LogP) is 3.72. The largest absolute Gasteiger partial charge is 0.314 e. The van der Waals surface area contributed by atoms with Gasteiger partial charge in [-0.25, -0.2) is 0 Å². The summed E-state index contributed by atoms with van der Waals surface area (Å²) >= 11 is 5.49. The minimum atomic E-state index is 0.604. The van der Waals surface area contributed by atoms with E-state index >= 15 is 0 Å². The van der Waals surface area contributed by atoms with Gasteiger partial charge in [0.1, 0.15) is 0 Å². The highest BCUT2D eigenvalue weighted by atomic mass is 79.9. The molecule has 0 saturated carbocycles. The number of piperidine rings is 1. The van der Waals surface area contributed by atoms with E-state index in [4.69, 9.17) is 0 Å². The van der Waals surface area contributed by atoms with Gasteiger partial charge < -0.3 is 5.32 Å². The fourth-order valence-corrected chi connectivity index (χ4v) is 4.02. The number of thiophene rings is 1. The molecule has 0 bridgehead atoms. The summed E-state index contributed by atoms with van der Waals surface area (Å²) in [7, 11) is 0. The maximum atomic E-state index is 3.63. The van der Waals surface area contributed by atoms with E-state index in [0.717, 1.165) is 12.5 Å². The van der Waals surface area contributed by atoms with Gasteiger partial charge in [-0.1, -0.05) is 13.8 Å². The van der Waals surface area contributed by atoms with Gasteiger partial charge in [0.15, 0.2) is 0 Å². The number of nitrogens with zero attached hydrogens (tertiary/aromatic N) is 1. The molecule has 1 aliphatic rings. The first-order chi connectivity index (χ1) is 8.65. The average molecular weight is 331 g/mol. The van der Waals surface area contributed by atoms with Crippen LogP contribution in [0.2, 0.25) is 0 Å². The van der Waals surface area contributed by atoms with Crippen molar-refractivity contribution in [3.05, 3.63) is 20.8 Å². The van der Waals surface area contributed by atoms with Gasteiger partial charge in [-0.2, -0.15) is 0 Å². The molecule has 1 aromatic heterocycles. The van der Waals surface area contributed by atoms with Gasteiger partial charge >= 0.3 is 0 Å². The molecule has 18 heavy (non-hydrogen) atoms. The summed E-state index contributed by atoms with van der Waals surface area (Å²) in [6.07, 6.45) is 2.72. The zero-order chi connectivity index (χ0) is 13.0. The van der Waals surface area contributed by atoms with Gasteiger partial charge in [-0.3, -0.25) is 4.90 Å². The molecule has 2 nitrogen and oxygen atoms in total. The topological polar surface area (TPSA) is 15.3 Å². The summed E-state index contributed by atoms with van der Waals surface area (Å²) in [5.74, 6) is 0.819. The van der Waals surface area contributed by atoms with Crippen LogP contribution in [0.3, 0.4) is 0 Å². The lowest BCUT2D eigenvalue weighted by Gasteiger charge is -2.33. The van der Waals surface area contributed by atoms with Gasteiger partial charge in [-0.05, 0) is 59.2 Å². The SMILES string of the molecule is CC(C)NCC1CCCN(Cc2sccc2Br)C1. The van der Waals surface area contributed by atoms with Crippen LogP contribution in [0.15, 0.2) is 15.9 Å². The van der Waals surface area contributed by atoms with Crippen molar-refractivity contribution in [3.63, 3.8) is 0 Å². The molecule has 0 aromatic carbocycles. The number of rotatable bonds is 5. The Morgan fingerprint density at radius 2 is 2.39 bits per heavy atom. The lowest BCUT2D eigenvalue weighted by atomic mass is 9.97. The molecule has 1 aliphatic heterocycles. The Bertz CT molecular complexity index is 364. The van der Waals surface area contributed by atoms with Crippen LogP contribution < -0.4 is 5.32 Å². The van der Waals surface area contributed by atoms with Crippen LogP contribution in [0.1, 0.15) is 31.6 Å². The van der Waals surface area contributed by atoms with Crippen LogP contribution in [0, 0.1) is 5.92 Å². The molecular formula is C14H23BrN2S. The standard InChI is InChI=1S/C14H23BrN2S/c1-11(2)16-8-12-4-3-6-17(9-12)10-14-13(15)5-7-18-14/h5,7,11-12,16H,3-4,6,8-10H2,1-2H3. The Morgan fingerprint density at radius 1 is 1.56 bits per heavy atom. The highest BCUT2D eigenvalue weighted by Crippen LogP contribution is 2.26. The van der Waals surface area contributed by atoms with Crippen molar-refractivity contribution in [2.45, 2.75) is 39.3 Å². The number of likely N-dealkylation sites (tertiary alicyclic amines) is 1. The third kappa shape index (κ3) is 4.34. The summed E-state index contributed by atoms with van der Waals surface area (Å²) < 4.78 is 1.27. The smallest absolute Gasteiger partial charge is 0.0339 e. The van der Waals surface area contributed by atoms with Crippen molar-refractivity contribution >= 4 is 27.3 Å². The molecule has 4 heteroatoms. The van der Waals surface area contributed by atoms with Crippen molar-refractivity contribution in [2.24, 2.45) is 5.92 Å². The van der Waals surface area contributed by atoms with Gasteiger partial charge in [0.05, 0.1) is 0 Å². The quantitative estimate of drug-likeness (QED) is 0.885. The molecule has 0 amide bonds. The van der Waals surface area contributed by atoms with Gasteiger partial charge in [-0.15, -0.1) is 11.3 Å². The van der Waals surface area contributed by atoms with Crippen molar-refractivity contribution in [2.75, 3.05) is 19.6 Å². The molecule has 0 radical (unpaired) electrons. The Hall–Kier alpha value is 0.100. The van der Waals surface area contributed by atoms with Crippen molar-refractivity contribution in [1.82, 2.24) is 10.2 Å². The van der Waals surface area contributed by atoms with Gasteiger partial charge in [0, 0.05) is 28.5 Å². The van der Waals surface area contributed by atoms with Crippen molar-refractivity contribution in [3.8, 4) is 0 Å². The highest BCUT2D eigenvalue weighted by molar-refractivity contribution is 9.10. The minimum Gasteiger partial charge on any atom is -0.314 e. The zero-order valence-corrected chi connectivity index (χ0v) is 13.7. The van der Waals surface area contributed by atoms with E-state index in [9.17, 15) is 0 Å². The summed E-state index contributed by atoms with van der Waals surface area (Å²) in [6.45, 7) is 9.22. The first-order valence-electron chi connectivity index (χ1n) is 6.82. The first kappa shape index (κ1) is 14.5. The minimum absolute atomic E-state index is 0.604. The Labute approximate surface area is 123 Å². The molecule has 1 saturated heterocycles. The number of hydrogen-bond donors (Lipinski definition) is 1. The van der Waals surface area contributed by atoms with E-state index in [1.807, 2.05) is 11.3 Å². The number of hydrogen-bond acceptors (Lipinski definition) is 3. The number of halogens is 1. The van der Waals surface area contributed by atoms with Crippen LogP contribution in [0.4, 0.5) is 0 Å². The molecule has 2 heterocycles. The maximum absolute atomic E-state index is 3.63. The van der Waals surface area contributed by atoms with E-state index < -0.39 is 0 Å². The maximum Gasteiger partial charge on any atom is 0.0339 e. The number of nitrogens with one attached hydrogen (secondary N) is 1. The van der Waals surface area contributed by atoms with Crippen LogP contribution in [-0.4, -0.2) is 30.6 Å². The summed E-state index contributed by atoms with van der Waals surface area (Å²) in [5.41, 5.74) is 0. The molecule has 0 aliphatic carbocycles. The third-order valence-corrected chi connectivity index (χ3v) is 5.39. The second kappa shape index (κ2) is 7.04. The zero-order valence-electron chi connectivity index (χ0n) is 11.3. The summed E-state index contributed by atoms with van der Waals surface area (Å²) in [5, 5.41) is 5.74. The molecule has 0 spiro atoms. The predicted molar refractivity (Wildman–Crippen MR) is 83.2 cm³/mol. The van der Waals surface area contributed by atoms with Gasteiger partial charge in [0.25, 0.3) is 0 Å². The lowest BCUT2D eigenvalue weighted by molar-refractivity contribution is 0.165. The fourth-order valence-electron chi connectivity index (χ4n) is 2.50. The first-order valence-corrected chi connectivity index (χ1v) is 8.50. The van der Waals surface area contributed by atoms with Crippen LogP contribution in [0.25, 0.3) is 0 Å². The van der Waals surface area contributed by atoms with Crippen LogP contribution >= 0.6 is 27.3 Å². The monoisotopic (exact) mass is 330 g/mol.